The van der Waals surface area contributed by atoms with E-state index in [9.17, 15) is 4.79 Å². The molecule has 0 radical (unpaired) electrons. The molecule has 2 nitrogen and oxygen atoms in total. The normalized spacial score (nSPS) is 14.4. The first kappa shape index (κ1) is 11.1. The van der Waals surface area contributed by atoms with Gasteiger partial charge in [-0.15, -0.1) is 0 Å². The second-order valence-electron chi connectivity index (χ2n) is 4.78. The van der Waals surface area contributed by atoms with Gasteiger partial charge in [-0.1, -0.05) is 30.3 Å². The molecule has 0 bridgehead atoms. The molecule has 0 spiro atoms. The fourth-order valence-corrected chi connectivity index (χ4v) is 2.60. The number of aryl methyl sites for hydroxylation is 1. The van der Waals surface area contributed by atoms with Gasteiger partial charge in [-0.3, -0.25) is 4.79 Å². The lowest BCUT2D eigenvalue weighted by Gasteiger charge is -2.18. The van der Waals surface area contributed by atoms with Crippen molar-refractivity contribution < 1.29 is 4.79 Å². The van der Waals surface area contributed by atoms with Crippen LogP contribution >= 0.6 is 0 Å². The van der Waals surface area contributed by atoms with Crippen molar-refractivity contribution in [2.75, 3.05) is 0 Å². The third-order valence-electron chi connectivity index (χ3n) is 3.43. The van der Waals surface area contributed by atoms with Crippen molar-refractivity contribution >= 4 is 5.78 Å². The zero-order valence-electron chi connectivity index (χ0n) is 10.4. The summed E-state index contributed by atoms with van der Waals surface area (Å²) in [6.07, 6.45) is 2.53. The molecule has 1 aromatic heterocycles. The predicted octanol–water partition coefficient (Wildman–Crippen LogP) is 3.58. The van der Waals surface area contributed by atoms with Crippen molar-refractivity contribution in [3.05, 3.63) is 53.3 Å². The number of aromatic nitrogens is 1. The van der Waals surface area contributed by atoms with Crippen molar-refractivity contribution in [2.45, 2.75) is 26.2 Å². The van der Waals surface area contributed by atoms with Crippen LogP contribution < -0.4 is 0 Å². The Morgan fingerprint density at radius 1 is 1.11 bits per heavy atom. The summed E-state index contributed by atoms with van der Waals surface area (Å²) < 4.78 is 0. The predicted molar refractivity (Wildman–Crippen MR) is 71.7 cm³/mol. The number of hydrogen-bond donors (Lipinski definition) is 0. The van der Waals surface area contributed by atoms with Gasteiger partial charge >= 0.3 is 0 Å². The van der Waals surface area contributed by atoms with Gasteiger partial charge in [0, 0.05) is 12.1 Å². The van der Waals surface area contributed by atoms with Crippen molar-refractivity contribution in [1.82, 2.24) is 4.98 Å². The van der Waals surface area contributed by atoms with Crippen LogP contribution in [0.3, 0.4) is 0 Å². The summed E-state index contributed by atoms with van der Waals surface area (Å²) in [5.74, 6) is 0.192. The first-order valence-electron chi connectivity index (χ1n) is 6.35. The molecule has 0 amide bonds. The monoisotopic (exact) mass is 237 g/mol. The number of fused-ring (bicyclic) bond motifs is 1. The zero-order chi connectivity index (χ0) is 12.5. The average molecular weight is 237 g/mol. The highest BCUT2D eigenvalue weighted by molar-refractivity contribution is 5.98. The molecular weight excluding hydrogens is 222 g/mol. The van der Waals surface area contributed by atoms with Gasteiger partial charge in [-0.25, -0.2) is 4.98 Å². The molecular formula is C16H15NO. The lowest BCUT2D eigenvalue weighted by Crippen LogP contribution is -2.15. The molecule has 3 rings (SSSR count). The summed E-state index contributed by atoms with van der Waals surface area (Å²) in [5.41, 5.74) is 5.09. The molecule has 2 heteroatoms. The van der Waals surface area contributed by atoms with Gasteiger partial charge in [0.1, 0.15) is 5.69 Å². The lowest BCUT2D eigenvalue weighted by molar-refractivity contribution is 0.0967. The maximum Gasteiger partial charge on any atom is 0.181 e. The van der Waals surface area contributed by atoms with E-state index in [-0.39, 0.29) is 5.78 Å². The van der Waals surface area contributed by atoms with E-state index in [4.69, 9.17) is 0 Å². The minimum atomic E-state index is 0.192. The Balaban J connectivity index is 2.24. The summed E-state index contributed by atoms with van der Waals surface area (Å²) in [6.45, 7) is 1.95. The molecule has 1 aliphatic carbocycles. The molecule has 1 aliphatic rings. The van der Waals surface area contributed by atoms with Crippen LogP contribution in [0.2, 0.25) is 0 Å². The molecule has 0 unspecified atom stereocenters. The van der Waals surface area contributed by atoms with Crippen molar-refractivity contribution in [1.29, 1.82) is 0 Å². The quantitative estimate of drug-likeness (QED) is 0.758. The zero-order valence-corrected chi connectivity index (χ0v) is 10.4. The minimum absolute atomic E-state index is 0.192. The van der Waals surface area contributed by atoms with Crippen LogP contribution in [-0.4, -0.2) is 10.8 Å². The number of rotatable bonds is 1. The maximum atomic E-state index is 12.0. The number of carbonyl (C=O) groups is 1. The highest BCUT2D eigenvalue weighted by atomic mass is 16.1. The Morgan fingerprint density at radius 2 is 1.89 bits per heavy atom. The number of benzene rings is 1. The van der Waals surface area contributed by atoms with Gasteiger partial charge in [0.2, 0.25) is 0 Å². The fourth-order valence-electron chi connectivity index (χ4n) is 2.60. The third kappa shape index (κ3) is 1.84. The molecule has 0 atom stereocenters. The van der Waals surface area contributed by atoms with Gasteiger partial charge in [0.25, 0.3) is 0 Å². The highest BCUT2D eigenvalue weighted by Crippen LogP contribution is 2.31. The number of nitrogens with zero attached hydrogens (tertiary/aromatic N) is 1. The van der Waals surface area contributed by atoms with Crippen LogP contribution in [-0.2, 0) is 6.42 Å². The number of Topliss-reactive ketones (excluding diaryl/α,β-unsaturated/α-hetero) is 1. The van der Waals surface area contributed by atoms with Crippen molar-refractivity contribution in [3.63, 3.8) is 0 Å². The smallest absolute Gasteiger partial charge is 0.181 e. The van der Waals surface area contributed by atoms with E-state index in [1.165, 1.54) is 11.1 Å². The Bertz CT molecular complexity index is 602. The van der Waals surface area contributed by atoms with Crippen LogP contribution in [0.4, 0.5) is 0 Å². The van der Waals surface area contributed by atoms with E-state index in [2.05, 4.69) is 23.2 Å². The molecule has 1 aromatic carbocycles. The minimum Gasteiger partial charge on any atom is -0.292 e. The summed E-state index contributed by atoms with van der Waals surface area (Å²) >= 11 is 0. The summed E-state index contributed by atoms with van der Waals surface area (Å²) in [5, 5.41) is 0. The van der Waals surface area contributed by atoms with Gasteiger partial charge in [-0.05, 0) is 42.5 Å². The van der Waals surface area contributed by atoms with Crippen LogP contribution in [0.1, 0.15) is 34.6 Å². The second kappa shape index (κ2) is 4.37. The first-order valence-corrected chi connectivity index (χ1v) is 6.35. The van der Waals surface area contributed by atoms with E-state index in [1.54, 1.807) is 0 Å². The van der Waals surface area contributed by atoms with E-state index in [0.29, 0.717) is 12.1 Å². The van der Waals surface area contributed by atoms with Crippen LogP contribution in [0.25, 0.3) is 11.1 Å². The van der Waals surface area contributed by atoms with Gasteiger partial charge in [-0.2, -0.15) is 0 Å². The molecule has 0 saturated heterocycles. The molecule has 2 aromatic rings. The van der Waals surface area contributed by atoms with Crippen molar-refractivity contribution in [2.24, 2.45) is 0 Å². The SMILES string of the molecule is Cc1cc(-c2ccccc2)c2c(n1)C(=O)CCC2. The third-order valence-corrected chi connectivity index (χ3v) is 3.43. The fraction of sp³-hybridized carbons (Fsp3) is 0.250. The van der Waals surface area contributed by atoms with E-state index < -0.39 is 0 Å². The molecule has 0 aliphatic heterocycles. The van der Waals surface area contributed by atoms with Gasteiger partial charge in [0.15, 0.2) is 5.78 Å². The Hall–Kier alpha value is -1.96. The summed E-state index contributed by atoms with van der Waals surface area (Å²) in [4.78, 5) is 16.4. The molecule has 0 fully saturated rings. The Labute approximate surface area is 107 Å². The standard InChI is InChI=1S/C16H15NO/c1-11-10-14(12-6-3-2-4-7-12)13-8-5-9-15(18)16(13)17-11/h2-4,6-7,10H,5,8-9H2,1H3. The Morgan fingerprint density at radius 3 is 2.67 bits per heavy atom. The number of pyridine rings is 1. The Kier molecular flexibility index (Phi) is 2.71. The van der Waals surface area contributed by atoms with Crippen LogP contribution in [0.15, 0.2) is 36.4 Å². The first-order chi connectivity index (χ1) is 8.75. The number of carbonyl (C=O) groups excluding carboxylic acids is 1. The molecule has 1 heterocycles. The highest BCUT2D eigenvalue weighted by Gasteiger charge is 2.22. The lowest BCUT2D eigenvalue weighted by atomic mass is 9.88. The second-order valence-corrected chi connectivity index (χ2v) is 4.78. The maximum absolute atomic E-state index is 12.0. The summed E-state index contributed by atoms with van der Waals surface area (Å²) in [6, 6.07) is 12.3. The van der Waals surface area contributed by atoms with E-state index in [0.717, 1.165) is 24.1 Å². The number of ketones is 1. The van der Waals surface area contributed by atoms with E-state index >= 15 is 0 Å². The van der Waals surface area contributed by atoms with Gasteiger partial charge < -0.3 is 0 Å². The molecule has 90 valence electrons. The largest absolute Gasteiger partial charge is 0.292 e. The molecule has 0 saturated carbocycles. The molecule has 0 N–H and O–H groups in total. The molecule has 18 heavy (non-hydrogen) atoms. The number of hydrogen-bond acceptors (Lipinski definition) is 2. The van der Waals surface area contributed by atoms with Crippen LogP contribution in [0, 0.1) is 6.92 Å². The topological polar surface area (TPSA) is 30.0 Å². The summed E-state index contributed by atoms with van der Waals surface area (Å²) in [7, 11) is 0. The van der Waals surface area contributed by atoms with Gasteiger partial charge in [0.05, 0.1) is 0 Å². The van der Waals surface area contributed by atoms with E-state index in [1.807, 2.05) is 25.1 Å². The average Bonchev–Trinajstić information content (AvgIpc) is 2.40. The van der Waals surface area contributed by atoms with Crippen molar-refractivity contribution in [3.8, 4) is 11.1 Å². The van der Waals surface area contributed by atoms with Crippen LogP contribution in [0.5, 0.6) is 0 Å².